The molecule has 0 saturated heterocycles. The van der Waals surface area contributed by atoms with Gasteiger partial charge in [0.15, 0.2) is 0 Å². The Morgan fingerprint density at radius 1 is 1.12 bits per heavy atom. The highest BCUT2D eigenvalue weighted by Gasteiger charge is 2.31. The van der Waals surface area contributed by atoms with Gasteiger partial charge in [-0.1, -0.05) is 51.3 Å². The van der Waals surface area contributed by atoms with E-state index in [2.05, 4.69) is 19.9 Å². The van der Waals surface area contributed by atoms with E-state index in [0.717, 1.165) is 17.9 Å². The molecule has 1 aliphatic rings. The molecule has 1 nitrogen and oxygen atoms in total. The molecule has 1 aliphatic carbocycles. The molecular formula is C16H24O. The van der Waals surface area contributed by atoms with Crippen molar-refractivity contribution in [1.82, 2.24) is 0 Å². The zero-order chi connectivity index (χ0) is 12.3. The van der Waals surface area contributed by atoms with Crippen LogP contribution in [-0.2, 0) is 6.42 Å². The number of benzene rings is 1. The van der Waals surface area contributed by atoms with Gasteiger partial charge in [0.25, 0.3) is 0 Å². The molecule has 1 heteroatoms. The third-order valence-corrected chi connectivity index (χ3v) is 4.35. The van der Waals surface area contributed by atoms with Crippen molar-refractivity contribution in [3.63, 3.8) is 0 Å². The van der Waals surface area contributed by atoms with Crippen LogP contribution < -0.4 is 0 Å². The summed E-state index contributed by atoms with van der Waals surface area (Å²) in [5.74, 6) is 1.27. The summed E-state index contributed by atoms with van der Waals surface area (Å²) in [6.07, 6.45) is 7.89. The summed E-state index contributed by atoms with van der Waals surface area (Å²) in [6, 6.07) is 7.77. The first-order valence-electron chi connectivity index (χ1n) is 6.86. The van der Waals surface area contributed by atoms with Crippen LogP contribution in [0.1, 0.15) is 51.5 Å². The number of hydrogen-bond acceptors (Lipinski definition) is 1. The van der Waals surface area contributed by atoms with Crippen LogP contribution in [0.2, 0.25) is 0 Å². The zero-order valence-corrected chi connectivity index (χ0v) is 11.1. The Kier molecular flexibility index (Phi) is 3.76. The molecular weight excluding hydrogens is 208 g/mol. The van der Waals surface area contributed by atoms with Gasteiger partial charge in [0.05, 0.1) is 0 Å². The largest absolute Gasteiger partial charge is 0.508 e. The minimum Gasteiger partial charge on any atom is -0.508 e. The third-order valence-electron chi connectivity index (χ3n) is 4.35. The van der Waals surface area contributed by atoms with Crippen LogP contribution in [0.25, 0.3) is 0 Å². The lowest BCUT2D eigenvalue weighted by molar-refractivity contribution is 0.156. The van der Waals surface area contributed by atoms with Crippen molar-refractivity contribution >= 4 is 0 Å². The number of phenolic OH excluding ortho intramolecular Hbond substituents is 1. The highest BCUT2D eigenvalue weighted by atomic mass is 16.3. The van der Waals surface area contributed by atoms with Crippen LogP contribution in [0.5, 0.6) is 5.75 Å². The molecule has 1 fully saturated rings. The number of hydrogen-bond donors (Lipinski definition) is 1. The van der Waals surface area contributed by atoms with E-state index in [4.69, 9.17) is 0 Å². The van der Waals surface area contributed by atoms with Crippen molar-refractivity contribution in [2.75, 3.05) is 0 Å². The number of rotatable bonds is 3. The van der Waals surface area contributed by atoms with Crippen molar-refractivity contribution in [1.29, 1.82) is 0 Å². The van der Waals surface area contributed by atoms with Gasteiger partial charge in [-0.3, -0.25) is 0 Å². The molecule has 0 spiro atoms. The molecule has 0 radical (unpaired) electrons. The van der Waals surface area contributed by atoms with Gasteiger partial charge in [0, 0.05) is 0 Å². The second-order valence-corrected chi connectivity index (χ2v) is 6.13. The van der Waals surface area contributed by atoms with Gasteiger partial charge in [-0.2, -0.15) is 0 Å². The highest BCUT2D eigenvalue weighted by molar-refractivity contribution is 5.32. The molecule has 0 aliphatic heterocycles. The second kappa shape index (κ2) is 5.12. The summed E-state index contributed by atoms with van der Waals surface area (Å²) in [7, 11) is 0. The van der Waals surface area contributed by atoms with Gasteiger partial charge in [0.2, 0.25) is 0 Å². The zero-order valence-electron chi connectivity index (χ0n) is 11.1. The monoisotopic (exact) mass is 232 g/mol. The van der Waals surface area contributed by atoms with Crippen molar-refractivity contribution in [3.05, 3.63) is 29.8 Å². The van der Waals surface area contributed by atoms with Crippen LogP contribution >= 0.6 is 0 Å². The Labute approximate surface area is 105 Å². The first kappa shape index (κ1) is 12.5. The summed E-state index contributed by atoms with van der Waals surface area (Å²) >= 11 is 0. The Bertz CT molecular complexity index is 362. The van der Waals surface area contributed by atoms with Gasteiger partial charge in [-0.25, -0.2) is 0 Å². The third kappa shape index (κ3) is 3.02. The maximum Gasteiger partial charge on any atom is 0.118 e. The lowest BCUT2D eigenvalue weighted by Crippen LogP contribution is -2.28. The summed E-state index contributed by atoms with van der Waals surface area (Å²) in [5, 5.41) is 9.87. The fourth-order valence-corrected chi connectivity index (χ4v) is 3.18. The predicted octanol–water partition coefficient (Wildman–Crippen LogP) is 4.54. The Morgan fingerprint density at radius 2 is 1.76 bits per heavy atom. The molecule has 0 aromatic heterocycles. The summed E-state index contributed by atoms with van der Waals surface area (Å²) in [6.45, 7) is 4.71. The normalized spacial score (nSPS) is 18.2. The van der Waals surface area contributed by atoms with Crippen molar-refractivity contribution in [2.45, 2.75) is 52.4 Å². The summed E-state index contributed by atoms with van der Waals surface area (Å²) in [5.41, 5.74) is 1.40. The van der Waals surface area contributed by atoms with Crippen LogP contribution in [-0.4, -0.2) is 5.11 Å². The molecule has 0 atom stereocenters. The molecule has 1 saturated carbocycles. The van der Waals surface area contributed by atoms with E-state index in [-0.39, 0.29) is 0 Å². The fraction of sp³-hybridized carbons (Fsp3) is 0.625. The summed E-state index contributed by atoms with van der Waals surface area (Å²) < 4.78 is 0. The molecule has 2 rings (SSSR count). The molecule has 0 amide bonds. The lowest BCUT2D eigenvalue weighted by atomic mass is 9.68. The van der Waals surface area contributed by atoms with E-state index in [1.165, 1.54) is 32.1 Å². The molecule has 0 unspecified atom stereocenters. The highest BCUT2D eigenvalue weighted by Crippen LogP contribution is 2.41. The minimum atomic E-state index is 0.305. The molecule has 0 heterocycles. The lowest BCUT2D eigenvalue weighted by Gasteiger charge is -2.37. The topological polar surface area (TPSA) is 20.2 Å². The van der Waals surface area contributed by atoms with E-state index in [0.29, 0.717) is 11.2 Å². The fourth-order valence-electron chi connectivity index (χ4n) is 3.18. The van der Waals surface area contributed by atoms with E-state index in [1.807, 2.05) is 12.1 Å². The van der Waals surface area contributed by atoms with Crippen LogP contribution in [0.4, 0.5) is 0 Å². The molecule has 1 aromatic carbocycles. The minimum absolute atomic E-state index is 0.305. The Hall–Kier alpha value is -0.980. The number of aromatic hydroxyl groups is 1. The predicted molar refractivity (Wildman–Crippen MR) is 72.2 cm³/mol. The van der Waals surface area contributed by atoms with E-state index in [1.54, 1.807) is 6.07 Å². The van der Waals surface area contributed by atoms with Gasteiger partial charge in [-0.05, 0) is 42.2 Å². The van der Waals surface area contributed by atoms with Crippen molar-refractivity contribution in [3.8, 4) is 5.75 Å². The average Bonchev–Trinajstić information content (AvgIpc) is 2.33. The smallest absolute Gasteiger partial charge is 0.118 e. The van der Waals surface area contributed by atoms with Crippen LogP contribution in [0.15, 0.2) is 24.3 Å². The van der Waals surface area contributed by atoms with Gasteiger partial charge in [0.1, 0.15) is 5.75 Å². The number of para-hydroxylation sites is 1. The van der Waals surface area contributed by atoms with Crippen molar-refractivity contribution in [2.24, 2.45) is 11.3 Å². The standard InChI is InChI=1S/C16H24O/c1-16(2,14-9-4-3-5-10-14)12-13-8-6-7-11-15(13)17/h6-8,11,14,17H,3-5,9-10,12H2,1-2H3. The first-order chi connectivity index (χ1) is 8.09. The van der Waals surface area contributed by atoms with E-state index >= 15 is 0 Å². The number of phenols is 1. The van der Waals surface area contributed by atoms with Gasteiger partial charge < -0.3 is 5.11 Å². The van der Waals surface area contributed by atoms with Gasteiger partial charge in [-0.15, -0.1) is 0 Å². The molecule has 0 bridgehead atoms. The Balaban J connectivity index is 2.08. The molecule has 1 aromatic rings. The summed E-state index contributed by atoms with van der Waals surface area (Å²) in [4.78, 5) is 0. The maximum atomic E-state index is 9.87. The first-order valence-corrected chi connectivity index (χ1v) is 6.86. The average molecular weight is 232 g/mol. The SMILES string of the molecule is CC(C)(Cc1ccccc1O)C1CCCCC1. The maximum absolute atomic E-state index is 9.87. The molecule has 94 valence electrons. The molecule has 17 heavy (non-hydrogen) atoms. The Morgan fingerprint density at radius 3 is 2.41 bits per heavy atom. The van der Waals surface area contributed by atoms with Crippen LogP contribution in [0, 0.1) is 11.3 Å². The van der Waals surface area contributed by atoms with E-state index in [9.17, 15) is 5.11 Å². The van der Waals surface area contributed by atoms with Gasteiger partial charge >= 0.3 is 0 Å². The molecule has 1 N–H and O–H groups in total. The van der Waals surface area contributed by atoms with Crippen molar-refractivity contribution < 1.29 is 5.11 Å². The van der Waals surface area contributed by atoms with Crippen LogP contribution in [0.3, 0.4) is 0 Å². The quantitative estimate of drug-likeness (QED) is 0.811. The second-order valence-electron chi connectivity index (χ2n) is 6.13. The van der Waals surface area contributed by atoms with E-state index < -0.39 is 0 Å².